The summed E-state index contributed by atoms with van der Waals surface area (Å²) in [6.45, 7) is 0. The minimum Gasteiger partial charge on any atom is -0.381 e. The van der Waals surface area contributed by atoms with Crippen LogP contribution in [0.15, 0.2) is 29.2 Å². The zero-order chi connectivity index (χ0) is 10.7. The van der Waals surface area contributed by atoms with Crippen molar-refractivity contribution in [3.05, 3.63) is 24.3 Å². The van der Waals surface area contributed by atoms with Crippen molar-refractivity contribution in [1.29, 1.82) is 0 Å². The van der Waals surface area contributed by atoms with Crippen molar-refractivity contribution in [1.82, 2.24) is 0 Å². The van der Waals surface area contributed by atoms with E-state index in [2.05, 4.69) is 35.8 Å². The third-order valence-corrected chi connectivity index (χ3v) is 3.69. The number of methoxy groups -OCH3 is 1. The van der Waals surface area contributed by atoms with Gasteiger partial charge in [-0.25, -0.2) is 0 Å². The number of hydrogen-bond donors (Lipinski definition) is 1. The van der Waals surface area contributed by atoms with Crippen LogP contribution in [0.25, 0.3) is 0 Å². The van der Waals surface area contributed by atoms with Gasteiger partial charge in [0.15, 0.2) is 0 Å². The molecule has 2 nitrogen and oxygen atoms in total. The molecule has 82 valence electrons. The summed E-state index contributed by atoms with van der Waals surface area (Å²) in [6.07, 6.45) is 4.82. The molecule has 1 aliphatic rings. The maximum absolute atomic E-state index is 5.27. The Kier molecular flexibility index (Phi) is 3.54. The molecule has 1 saturated carbocycles. The molecule has 2 rings (SSSR count). The van der Waals surface area contributed by atoms with E-state index in [9.17, 15) is 0 Å². The summed E-state index contributed by atoms with van der Waals surface area (Å²) in [7, 11) is 1.79. The number of para-hydroxylation sites is 1. The Morgan fingerprint density at radius 2 is 2.07 bits per heavy atom. The van der Waals surface area contributed by atoms with E-state index in [4.69, 9.17) is 4.74 Å². The molecule has 0 bridgehead atoms. The zero-order valence-corrected chi connectivity index (χ0v) is 10.0. The third kappa shape index (κ3) is 2.47. The van der Waals surface area contributed by atoms with Crippen LogP contribution in [0.1, 0.15) is 12.8 Å². The maximum atomic E-state index is 5.27. The second kappa shape index (κ2) is 4.90. The van der Waals surface area contributed by atoms with Crippen molar-refractivity contribution in [3.63, 3.8) is 0 Å². The number of thioether (sulfide) groups is 1. The van der Waals surface area contributed by atoms with Crippen molar-refractivity contribution in [2.75, 3.05) is 18.7 Å². The fourth-order valence-electron chi connectivity index (χ4n) is 1.86. The van der Waals surface area contributed by atoms with E-state index < -0.39 is 0 Å². The van der Waals surface area contributed by atoms with Crippen LogP contribution in [0.3, 0.4) is 0 Å². The van der Waals surface area contributed by atoms with E-state index >= 15 is 0 Å². The number of benzene rings is 1. The SMILES string of the molecule is COC1CC(Nc2ccccc2SC)C1. The van der Waals surface area contributed by atoms with Crippen LogP contribution in [0, 0.1) is 0 Å². The van der Waals surface area contributed by atoms with Crippen LogP contribution in [-0.2, 0) is 4.74 Å². The number of ether oxygens (including phenoxy) is 1. The molecule has 0 radical (unpaired) electrons. The summed E-state index contributed by atoms with van der Waals surface area (Å²) < 4.78 is 5.27. The van der Waals surface area contributed by atoms with E-state index in [1.54, 1.807) is 18.9 Å². The summed E-state index contributed by atoms with van der Waals surface area (Å²) in [4.78, 5) is 1.32. The van der Waals surface area contributed by atoms with Gasteiger partial charge in [-0.3, -0.25) is 0 Å². The minimum absolute atomic E-state index is 0.462. The fourth-order valence-corrected chi connectivity index (χ4v) is 2.42. The van der Waals surface area contributed by atoms with Crippen LogP contribution in [0.4, 0.5) is 5.69 Å². The molecule has 0 heterocycles. The van der Waals surface area contributed by atoms with Crippen LogP contribution < -0.4 is 5.32 Å². The van der Waals surface area contributed by atoms with Gasteiger partial charge in [-0.05, 0) is 31.2 Å². The monoisotopic (exact) mass is 223 g/mol. The third-order valence-electron chi connectivity index (χ3n) is 2.89. The van der Waals surface area contributed by atoms with Crippen LogP contribution in [-0.4, -0.2) is 25.5 Å². The Morgan fingerprint density at radius 1 is 1.33 bits per heavy atom. The number of hydrogen-bond acceptors (Lipinski definition) is 3. The lowest BCUT2D eigenvalue weighted by molar-refractivity contribution is 0.0328. The second-order valence-corrected chi connectivity index (χ2v) is 4.72. The summed E-state index contributed by atoms with van der Waals surface area (Å²) in [6, 6.07) is 9.04. The Bertz CT molecular complexity index is 323. The lowest BCUT2D eigenvalue weighted by Crippen LogP contribution is -2.40. The summed E-state index contributed by atoms with van der Waals surface area (Å²) >= 11 is 1.78. The van der Waals surface area contributed by atoms with Gasteiger partial charge in [0.05, 0.1) is 6.10 Å². The van der Waals surface area contributed by atoms with Crippen LogP contribution in [0.5, 0.6) is 0 Å². The van der Waals surface area contributed by atoms with Gasteiger partial charge >= 0.3 is 0 Å². The molecule has 1 aromatic rings. The summed E-state index contributed by atoms with van der Waals surface area (Å²) in [5, 5.41) is 3.56. The van der Waals surface area contributed by atoms with Crippen molar-refractivity contribution in [2.45, 2.75) is 29.9 Å². The van der Waals surface area contributed by atoms with Crippen molar-refractivity contribution >= 4 is 17.4 Å². The summed E-state index contributed by atoms with van der Waals surface area (Å²) in [5.74, 6) is 0. The minimum atomic E-state index is 0.462. The molecule has 0 unspecified atom stereocenters. The molecule has 0 spiro atoms. The first kappa shape index (κ1) is 10.8. The van der Waals surface area contributed by atoms with Gasteiger partial charge < -0.3 is 10.1 Å². The van der Waals surface area contributed by atoms with Crippen molar-refractivity contribution in [2.24, 2.45) is 0 Å². The Balaban J connectivity index is 1.94. The second-order valence-electron chi connectivity index (χ2n) is 3.87. The standard InChI is InChI=1S/C12H17NOS/c1-14-10-7-9(8-10)13-11-5-3-4-6-12(11)15-2/h3-6,9-10,13H,7-8H2,1-2H3. The normalized spacial score (nSPS) is 24.7. The number of nitrogens with one attached hydrogen (secondary N) is 1. The Morgan fingerprint density at radius 3 is 2.73 bits per heavy atom. The van der Waals surface area contributed by atoms with Gasteiger partial charge in [-0.2, -0.15) is 0 Å². The molecule has 0 amide bonds. The van der Waals surface area contributed by atoms with E-state index in [-0.39, 0.29) is 0 Å². The average molecular weight is 223 g/mol. The van der Waals surface area contributed by atoms with E-state index in [1.807, 2.05) is 0 Å². The molecule has 3 heteroatoms. The first-order chi connectivity index (χ1) is 7.33. The van der Waals surface area contributed by atoms with E-state index in [1.165, 1.54) is 10.6 Å². The number of anilines is 1. The number of rotatable bonds is 4. The van der Waals surface area contributed by atoms with Gasteiger partial charge in [0.1, 0.15) is 0 Å². The molecule has 0 saturated heterocycles. The average Bonchev–Trinajstić information content (AvgIpc) is 2.23. The lowest BCUT2D eigenvalue weighted by atomic mass is 9.89. The maximum Gasteiger partial charge on any atom is 0.0610 e. The first-order valence-corrected chi connectivity index (χ1v) is 6.48. The van der Waals surface area contributed by atoms with Crippen molar-refractivity contribution in [3.8, 4) is 0 Å². The smallest absolute Gasteiger partial charge is 0.0610 e. The molecule has 0 atom stereocenters. The van der Waals surface area contributed by atoms with Gasteiger partial charge in [0, 0.05) is 23.7 Å². The quantitative estimate of drug-likeness (QED) is 0.793. The highest BCUT2D eigenvalue weighted by atomic mass is 32.2. The molecule has 1 fully saturated rings. The van der Waals surface area contributed by atoms with E-state index in [0.29, 0.717) is 12.1 Å². The van der Waals surface area contributed by atoms with Crippen LogP contribution in [0.2, 0.25) is 0 Å². The van der Waals surface area contributed by atoms with Gasteiger partial charge in [-0.1, -0.05) is 12.1 Å². The molecule has 1 N–H and O–H groups in total. The van der Waals surface area contributed by atoms with E-state index in [0.717, 1.165) is 12.8 Å². The molecule has 1 aromatic carbocycles. The summed E-state index contributed by atoms with van der Waals surface area (Å²) in [5.41, 5.74) is 1.25. The highest BCUT2D eigenvalue weighted by molar-refractivity contribution is 7.98. The van der Waals surface area contributed by atoms with Crippen molar-refractivity contribution < 1.29 is 4.74 Å². The fraction of sp³-hybridized carbons (Fsp3) is 0.500. The lowest BCUT2D eigenvalue weighted by Gasteiger charge is -2.35. The molecular weight excluding hydrogens is 206 g/mol. The predicted molar refractivity (Wildman–Crippen MR) is 65.7 cm³/mol. The van der Waals surface area contributed by atoms with Crippen LogP contribution >= 0.6 is 11.8 Å². The Hall–Kier alpha value is -0.670. The topological polar surface area (TPSA) is 21.3 Å². The van der Waals surface area contributed by atoms with Gasteiger partial charge in [0.25, 0.3) is 0 Å². The van der Waals surface area contributed by atoms with Gasteiger partial charge in [0.2, 0.25) is 0 Å². The largest absolute Gasteiger partial charge is 0.381 e. The highest BCUT2D eigenvalue weighted by Crippen LogP contribution is 2.30. The Labute approximate surface area is 95.4 Å². The molecule has 15 heavy (non-hydrogen) atoms. The highest BCUT2D eigenvalue weighted by Gasteiger charge is 2.28. The van der Waals surface area contributed by atoms with Gasteiger partial charge in [-0.15, -0.1) is 11.8 Å². The zero-order valence-electron chi connectivity index (χ0n) is 9.19. The predicted octanol–water partition coefficient (Wildman–Crippen LogP) is 3.00. The molecular formula is C12H17NOS. The molecule has 1 aliphatic carbocycles. The first-order valence-electron chi connectivity index (χ1n) is 5.26. The molecule has 0 aliphatic heterocycles. The molecule has 0 aromatic heterocycles.